The molecular formula is C18H18N8O3. The van der Waals surface area contributed by atoms with Crippen molar-refractivity contribution in [2.24, 2.45) is 4.99 Å². The fourth-order valence-electron chi connectivity index (χ4n) is 3.09. The van der Waals surface area contributed by atoms with Gasteiger partial charge in [0.25, 0.3) is 0 Å². The first kappa shape index (κ1) is 17.2. The fraction of sp³-hybridized carbons (Fsp3) is 0.278. The summed E-state index contributed by atoms with van der Waals surface area (Å²) >= 11 is 0. The van der Waals surface area contributed by atoms with Crippen molar-refractivity contribution in [2.45, 2.75) is 18.9 Å². The molecule has 0 aromatic carbocycles. The first-order chi connectivity index (χ1) is 14.1. The van der Waals surface area contributed by atoms with Gasteiger partial charge in [-0.2, -0.15) is 9.61 Å². The molecule has 1 fully saturated rings. The molecule has 5 rings (SSSR count). The second kappa shape index (κ2) is 6.62. The zero-order valence-electron chi connectivity index (χ0n) is 15.3. The van der Waals surface area contributed by atoms with Crippen LogP contribution in [0.15, 0.2) is 34.2 Å². The lowest BCUT2D eigenvalue weighted by Crippen LogP contribution is -2.33. The van der Waals surface area contributed by atoms with E-state index in [0.29, 0.717) is 35.3 Å². The molecular weight excluding hydrogens is 376 g/mol. The Morgan fingerprint density at radius 2 is 2.10 bits per heavy atom. The molecule has 0 bridgehead atoms. The Labute approximate surface area is 163 Å². The van der Waals surface area contributed by atoms with Crippen molar-refractivity contribution in [3.8, 4) is 5.88 Å². The van der Waals surface area contributed by atoms with Gasteiger partial charge in [-0.3, -0.25) is 15.3 Å². The highest BCUT2D eigenvalue weighted by Crippen LogP contribution is 2.22. The van der Waals surface area contributed by atoms with E-state index in [9.17, 15) is 14.7 Å². The zero-order chi connectivity index (χ0) is 20.0. The number of carbonyl (C=O) groups is 1. The topological polar surface area (TPSA) is 144 Å². The van der Waals surface area contributed by atoms with Gasteiger partial charge in [-0.15, -0.1) is 0 Å². The average Bonchev–Trinajstić information content (AvgIpc) is 3.07. The summed E-state index contributed by atoms with van der Waals surface area (Å²) in [4.78, 5) is 39.4. The molecule has 1 aliphatic carbocycles. The molecule has 148 valence electrons. The van der Waals surface area contributed by atoms with Gasteiger partial charge in [-0.05, 0) is 18.9 Å². The van der Waals surface area contributed by atoms with Crippen molar-refractivity contribution in [1.82, 2.24) is 29.5 Å². The van der Waals surface area contributed by atoms with Crippen molar-refractivity contribution >= 4 is 23.6 Å². The Hall–Kier alpha value is -3.89. The lowest BCUT2D eigenvalue weighted by atomic mass is 10.3. The number of rotatable bonds is 3. The molecule has 2 amide bonds. The highest BCUT2D eigenvalue weighted by Gasteiger charge is 2.21. The lowest BCUT2D eigenvalue weighted by Gasteiger charge is -2.15. The van der Waals surface area contributed by atoms with Gasteiger partial charge in [-0.25, -0.2) is 14.6 Å². The Balaban J connectivity index is 1.62. The van der Waals surface area contributed by atoms with Crippen LogP contribution < -0.4 is 21.7 Å². The average molecular weight is 394 g/mol. The fourth-order valence-corrected chi connectivity index (χ4v) is 3.09. The summed E-state index contributed by atoms with van der Waals surface area (Å²) in [6.07, 6.45) is 9.01. The van der Waals surface area contributed by atoms with Gasteiger partial charge in [0.1, 0.15) is 11.5 Å². The third kappa shape index (κ3) is 3.37. The lowest BCUT2D eigenvalue weighted by molar-refractivity contribution is 0.224. The minimum absolute atomic E-state index is 0.213. The molecule has 2 aliphatic rings. The van der Waals surface area contributed by atoms with E-state index in [0.717, 1.165) is 12.8 Å². The van der Waals surface area contributed by atoms with Crippen LogP contribution in [0, 0.1) is 0 Å². The van der Waals surface area contributed by atoms with E-state index in [-0.39, 0.29) is 23.6 Å². The van der Waals surface area contributed by atoms with E-state index in [1.54, 1.807) is 27.8 Å². The first-order valence-electron chi connectivity index (χ1n) is 9.23. The highest BCUT2D eigenvalue weighted by atomic mass is 16.3. The van der Waals surface area contributed by atoms with Crippen LogP contribution in [0.4, 0.5) is 10.6 Å². The SMILES string of the molecule is O=C(Nc1cc(=NC2CC2)n2ncc(=Cc3[nH]c(=O)[nH]c3O)c2n1)N1CC=CC1. The molecule has 4 N–H and O–H groups in total. The Bertz CT molecular complexity index is 1300. The number of anilines is 1. The van der Waals surface area contributed by atoms with E-state index < -0.39 is 5.69 Å². The summed E-state index contributed by atoms with van der Waals surface area (Å²) < 4.78 is 1.58. The summed E-state index contributed by atoms with van der Waals surface area (Å²) in [5.41, 5.74) is 0.724. The number of aromatic amines is 2. The quantitative estimate of drug-likeness (QED) is 0.441. The van der Waals surface area contributed by atoms with E-state index in [1.165, 1.54) is 0 Å². The minimum Gasteiger partial charge on any atom is -0.493 e. The van der Waals surface area contributed by atoms with Crippen LogP contribution >= 0.6 is 0 Å². The van der Waals surface area contributed by atoms with Crippen LogP contribution in [0.1, 0.15) is 18.5 Å². The van der Waals surface area contributed by atoms with Gasteiger partial charge >= 0.3 is 11.7 Å². The van der Waals surface area contributed by atoms with Crippen molar-refractivity contribution in [2.75, 3.05) is 18.4 Å². The molecule has 1 aliphatic heterocycles. The summed E-state index contributed by atoms with van der Waals surface area (Å²) in [7, 11) is 0. The largest absolute Gasteiger partial charge is 0.493 e. The van der Waals surface area contributed by atoms with Crippen LogP contribution in [-0.4, -0.2) is 59.7 Å². The number of H-pyrrole nitrogens is 2. The van der Waals surface area contributed by atoms with Gasteiger partial charge < -0.3 is 15.0 Å². The van der Waals surface area contributed by atoms with Crippen LogP contribution in [-0.2, 0) is 0 Å². The number of urea groups is 1. The van der Waals surface area contributed by atoms with Gasteiger partial charge in [0.2, 0.25) is 5.88 Å². The normalized spacial score (nSPS) is 17.6. The highest BCUT2D eigenvalue weighted by molar-refractivity contribution is 5.89. The van der Waals surface area contributed by atoms with Crippen LogP contribution in [0.5, 0.6) is 5.88 Å². The molecule has 29 heavy (non-hydrogen) atoms. The third-order valence-electron chi connectivity index (χ3n) is 4.72. The Morgan fingerprint density at radius 1 is 1.31 bits per heavy atom. The number of carbonyl (C=O) groups excluding carboxylic acids is 1. The summed E-state index contributed by atoms with van der Waals surface area (Å²) in [5, 5.41) is 17.5. The Morgan fingerprint density at radius 3 is 2.79 bits per heavy atom. The first-order valence-corrected chi connectivity index (χ1v) is 9.23. The second-order valence-corrected chi connectivity index (χ2v) is 6.99. The van der Waals surface area contributed by atoms with E-state index in [2.05, 4.69) is 30.4 Å². The molecule has 11 heteroatoms. The van der Waals surface area contributed by atoms with E-state index >= 15 is 0 Å². The molecule has 11 nitrogen and oxygen atoms in total. The van der Waals surface area contributed by atoms with Gasteiger partial charge in [0, 0.05) is 24.4 Å². The van der Waals surface area contributed by atoms with E-state index in [1.807, 2.05) is 12.2 Å². The maximum absolute atomic E-state index is 12.5. The number of amides is 2. The maximum atomic E-state index is 12.5. The molecule has 0 atom stereocenters. The predicted octanol–water partition coefficient (Wildman–Crippen LogP) is -0.534. The molecule has 0 unspecified atom stereocenters. The number of nitrogens with zero attached hydrogens (tertiary/aromatic N) is 5. The Kier molecular flexibility index (Phi) is 3.93. The van der Waals surface area contributed by atoms with Crippen LogP contribution in [0.3, 0.4) is 0 Å². The van der Waals surface area contributed by atoms with Crippen LogP contribution in [0.25, 0.3) is 11.7 Å². The number of imidazole rings is 1. The zero-order valence-corrected chi connectivity index (χ0v) is 15.3. The van der Waals surface area contributed by atoms with E-state index in [4.69, 9.17) is 0 Å². The number of nitrogens with one attached hydrogen (secondary N) is 3. The number of hydrogen-bond acceptors (Lipinski definition) is 6. The van der Waals surface area contributed by atoms with Crippen molar-refractivity contribution in [3.63, 3.8) is 0 Å². The summed E-state index contributed by atoms with van der Waals surface area (Å²) in [5.74, 6) is 0.0824. The smallest absolute Gasteiger partial charge is 0.326 e. The van der Waals surface area contributed by atoms with Gasteiger partial charge in [0.15, 0.2) is 11.1 Å². The van der Waals surface area contributed by atoms with Crippen molar-refractivity contribution < 1.29 is 9.90 Å². The molecule has 3 aromatic heterocycles. The van der Waals surface area contributed by atoms with Crippen LogP contribution in [0.2, 0.25) is 0 Å². The molecule has 0 radical (unpaired) electrons. The number of aromatic nitrogens is 5. The minimum atomic E-state index is -0.519. The molecule has 4 heterocycles. The van der Waals surface area contributed by atoms with Gasteiger partial charge in [0.05, 0.1) is 12.2 Å². The molecule has 1 saturated carbocycles. The standard InChI is InChI=1S/C18H18N8O3/c27-16-12(21-17(28)24-16)7-10-9-19-26-14(20-11-3-4-11)8-13(22-15(10)26)23-18(29)25-5-1-2-6-25/h1-2,7-9,11,27H,3-6H2,(H,23,29)(H2,21,24,28). The molecule has 0 saturated heterocycles. The monoisotopic (exact) mass is 394 g/mol. The second-order valence-electron chi connectivity index (χ2n) is 6.99. The van der Waals surface area contributed by atoms with Crippen molar-refractivity contribution in [1.29, 1.82) is 0 Å². The van der Waals surface area contributed by atoms with Gasteiger partial charge in [-0.1, -0.05) is 12.2 Å². The predicted molar refractivity (Wildman–Crippen MR) is 103 cm³/mol. The summed E-state index contributed by atoms with van der Waals surface area (Å²) in [6.45, 7) is 1.11. The number of fused-ring (bicyclic) bond motifs is 1. The maximum Gasteiger partial charge on any atom is 0.326 e. The van der Waals surface area contributed by atoms with Crippen molar-refractivity contribution in [3.05, 3.63) is 51.3 Å². The number of aromatic hydroxyl groups is 1. The summed E-state index contributed by atoms with van der Waals surface area (Å²) in [6, 6.07) is 1.69. The molecule has 3 aromatic rings. The third-order valence-corrected chi connectivity index (χ3v) is 4.72. The number of hydrogen-bond donors (Lipinski definition) is 4. The molecule has 0 spiro atoms.